The van der Waals surface area contributed by atoms with E-state index in [4.69, 9.17) is 0 Å². The number of carbonyl (C=O) groups excluding carboxylic acids is 1. The number of aromatic nitrogens is 2. The molecule has 2 N–H and O–H groups in total. The number of hydrogen-bond acceptors (Lipinski definition) is 2. The van der Waals surface area contributed by atoms with E-state index in [1.807, 2.05) is 13.8 Å². The van der Waals surface area contributed by atoms with Crippen molar-refractivity contribution in [3.8, 4) is 0 Å². The summed E-state index contributed by atoms with van der Waals surface area (Å²) in [5, 5.41) is 9.09. The number of rotatable bonds is 3. The smallest absolute Gasteiger partial charge is 0.227 e. The van der Waals surface area contributed by atoms with Crippen molar-refractivity contribution in [2.45, 2.75) is 20.3 Å². The van der Waals surface area contributed by atoms with Gasteiger partial charge in [0.25, 0.3) is 0 Å². The highest BCUT2D eigenvalue weighted by atomic mass is 16.1. The molecule has 1 heterocycles. The molecule has 4 heteroatoms. The Morgan fingerprint density at radius 3 is 3.08 bits per heavy atom. The number of H-pyrrole nitrogens is 1. The normalized spacial score (nSPS) is 12.5. The zero-order valence-electron chi connectivity index (χ0n) is 7.29. The van der Waals surface area contributed by atoms with Gasteiger partial charge in [0, 0.05) is 12.1 Å². The van der Waals surface area contributed by atoms with Crippen molar-refractivity contribution in [1.82, 2.24) is 10.2 Å². The van der Waals surface area contributed by atoms with Gasteiger partial charge in [0.1, 0.15) is 0 Å². The molecule has 1 atom stereocenters. The third kappa shape index (κ3) is 2.08. The molecule has 66 valence electrons. The highest BCUT2D eigenvalue weighted by Gasteiger charge is 2.10. The Balaban J connectivity index is 2.47. The number of nitrogens with one attached hydrogen (secondary N) is 2. The summed E-state index contributed by atoms with van der Waals surface area (Å²) in [6, 6.07) is 0. The van der Waals surface area contributed by atoms with Gasteiger partial charge in [-0.05, 0) is 6.42 Å². The molecule has 0 aliphatic rings. The van der Waals surface area contributed by atoms with Crippen LogP contribution in [0.25, 0.3) is 0 Å². The van der Waals surface area contributed by atoms with Crippen LogP contribution in [-0.4, -0.2) is 16.1 Å². The summed E-state index contributed by atoms with van der Waals surface area (Å²) in [7, 11) is 0. The van der Waals surface area contributed by atoms with Crippen LogP contribution in [0.3, 0.4) is 0 Å². The first-order valence-corrected chi connectivity index (χ1v) is 4.03. The van der Waals surface area contributed by atoms with E-state index >= 15 is 0 Å². The van der Waals surface area contributed by atoms with Gasteiger partial charge in [-0.25, -0.2) is 0 Å². The number of aromatic amines is 1. The van der Waals surface area contributed by atoms with Crippen LogP contribution in [0.15, 0.2) is 12.4 Å². The van der Waals surface area contributed by atoms with Gasteiger partial charge in [0.15, 0.2) is 0 Å². The van der Waals surface area contributed by atoms with E-state index in [1.54, 1.807) is 12.4 Å². The highest BCUT2D eigenvalue weighted by Crippen LogP contribution is 2.06. The number of nitrogens with zero attached hydrogens (tertiary/aromatic N) is 1. The maximum atomic E-state index is 11.3. The maximum absolute atomic E-state index is 11.3. The van der Waals surface area contributed by atoms with Gasteiger partial charge in [-0.2, -0.15) is 5.10 Å². The lowest BCUT2D eigenvalue weighted by molar-refractivity contribution is -0.119. The fourth-order valence-corrected chi connectivity index (χ4v) is 0.770. The Bertz CT molecular complexity index is 243. The summed E-state index contributed by atoms with van der Waals surface area (Å²) in [5.74, 6) is 0.0961. The number of hydrogen-bond donors (Lipinski definition) is 2. The minimum absolute atomic E-state index is 0.0406. The Morgan fingerprint density at radius 1 is 1.83 bits per heavy atom. The third-order valence-electron chi connectivity index (χ3n) is 1.83. The lowest BCUT2D eigenvalue weighted by Crippen LogP contribution is -2.19. The van der Waals surface area contributed by atoms with Crippen molar-refractivity contribution in [3.05, 3.63) is 12.4 Å². The molecule has 4 nitrogen and oxygen atoms in total. The summed E-state index contributed by atoms with van der Waals surface area (Å²) in [6.07, 6.45) is 4.09. The van der Waals surface area contributed by atoms with Crippen LogP contribution in [0.4, 0.5) is 5.69 Å². The van der Waals surface area contributed by atoms with Crippen LogP contribution >= 0.6 is 0 Å². The minimum Gasteiger partial charge on any atom is -0.323 e. The molecule has 0 saturated heterocycles. The molecule has 0 aliphatic carbocycles. The Hall–Kier alpha value is -1.32. The zero-order valence-corrected chi connectivity index (χ0v) is 7.29. The molecule has 1 aromatic heterocycles. The molecule has 0 aromatic carbocycles. The van der Waals surface area contributed by atoms with Gasteiger partial charge >= 0.3 is 0 Å². The van der Waals surface area contributed by atoms with Gasteiger partial charge < -0.3 is 5.32 Å². The van der Waals surface area contributed by atoms with Crippen molar-refractivity contribution < 1.29 is 4.79 Å². The molecule has 1 rings (SSSR count). The highest BCUT2D eigenvalue weighted by molar-refractivity contribution is 5.91. The molecule has 1 aromatic rings. The van der Waals surface area contributed by atoms with E-state index in [0.717, 1.165) is 12.1 Å². The second-order valence-corrected chi connectivity index (χ2v) is 2.79. The van der Waals surface area contributed by atoms with Crippen molar-refractivity contribution in [3.63, 3.8) is 0 Å². The average molecular weight is 167 g/mol. The Morgan fingerprint density at radius 2 is 2.58 bits per heavy atom. The molecule has 0 saturated carbocycles. The number of carbonyl (C=O) groups is 1. The standard InChI is InChI=1S/C8H13N3O/c1-3-6(2)8(12)11-7-4-9-10-5-7/h4-6H,3H2,1-2H3,(H,9,10)(H,11,12)/t6-/m1/s1. The van der Waals surface area contributed by atoms with Crippen molar-refractivity contribution in [2.75, 3.05) is 5.32 Å². The first-order valence-electron chi connectivity index (χ1n) is 4.03. The van der Waals surface area contributed by atoms with Crippen molar-refractivity contribution >= 4 is 11.6 Å². The van der Waals surface area contributed by atoms with Crippen LogP contribution < -0.4 is 5.32 Å². The van der Waals surface area contributed by atoms with Crippen LogP contribution in [-0.2, 0) is 4.79 Å². The van der Waals surface area contributed by atoms with Crippen LogP contribution in [0.2, 0.25) is 0 Å². The molecule has 12 heavy (non-hydrogen) atoms. The first-order chi connectivity index (χ1) is 5.74. The predicted octanol–water partition coefficient (Wildman–Crippen LogP) is 1.39. The average Bonchev–Trinajstić information content (AvgIpc) is 2.55. The molecule has 0 fully saturated rings. The molecule has 1 amide bonds. The molecule has 0 radical (unpaired) electrons. The Kier molecular flexibility index (Phi) is 2.85. The van der Waals surface area contributed by atoms with E-state index in [1.165, 1.54) is 0 Å². The number of amides is 1. The summed E-state index contributed by atoms with van der Waals surface area (Å²) >= 11 is 0. The maximum Gasteiger partial charge on any atom is 0.227 e. The molecular formula is C8H13N3O. The summed E-state index contributed by atoms with van der Waals surface area (Å²) in [4.78, 5) is 11.3. The molecule has 0 spiro atoms. The van der Waals surface area contributed by atoms with Gasteiger partial charge in [0.05, 0.1) is 11.9 Å². The van der Waals surface area contributed by atoms with Crippen molar-refractivity contribution in [1.29, 1.82) is 0 Å². The monoisotopic (exact) mass is 167 g/mol. The third-order valence-corrected chi connectivity index (χ3v) is 1.83. The molecule has 0 bridgehead atoms. The second-order valence-electron chi connectivity index (χ2n) is 2.79. The van der Waals surface area contributed by atoms with Crippen molar-refractivity contribution in [2.24, 2.45) is 5.92 Å². The van der Waals surface area contributed by atoms with Gasteiger partial charge in [-0.15, -0.1) is 0 Å². The minimum atomic E-state index is 0.0406. The fraction of sp³-hybridized carbons (Fsp3) is 0.500. The fourth-order valence-electron chi connectivity index (χ4n) is 0.770. The SMILES string of the molecule is CC[C@@H](C)C(=O)Nc1cn[nH]c1. The zero-order chi connectivity index (χ0) is 8.97. The van der Waals surface area contributed by atoms with Crippen LogP contribution in [0, 0.1) is 5.92 Å². The summed E-state index contributed by atoms with van der Waals surface area (Å²) in [6.45, 7) is 3.88. The molecule has 0 aliphatic heterocycles. The predicted molar refractivity (Wildman–Crippen MR) is 46.7 cm³/mol. The quantitative estimate of drug-likeness (QED) is 0.714. The van der Waals surface area contributed by atoms with E-state index in [-0.39, 0.29) is 11.8 Å². The summed E-state index contributed by atoms with van der Waals surface area (Å²) < 4.78 is 0. The Labute approximate surface area is 71.4 Å². The topological polar surface area (TPSA) is 57.8 Å². The van der Waals surface area contributed by atoms with Crippen LogP contribution in [0.5, 0.6) is 0 Å². The van der Waals surface area contributed by atoms with Gasteiger partial charge in [-0.3, -0.25) is 9.89 Å². The lowest BCUT2D eigenvalue weighted by Gasteiger charge is -2.06. The van der Waals surface area contributed by atoms with E-state index in [2.05, 4.69) is 15.5 Å². The van der Waals surface area contributed by atoms with Gasteiger partial charge in [0.2, 0.25) is 5.91 Å². The largest absolute Gasteiger partial charge is 0.323 e. The molecule has 0 unspecified atom stereocenters. The first kappa shape index (κ1) is 8.77. The van der Waals surface area contributed by atoms with Crippen LogP contribution in [0.1, 0.15) is 20.3 Å². The van der Waals surface area contributed by atoms with Gasteiger partial charge in [-0.1, -0.05) is 13.8 Å². The second kappa shape index (κ2) is 3.90. The lowest BCUT2D eigenvalue weighted by atomic mass is 10.1. The summed E-state index contributed by atoms with van der Waals surface area (Å²) in [5.41, 5.74) is 0.723. The molecular weight excluding hydrogens is 154 g/mol. The van der Waals surface area contributed by atoms with E-state index in [9.17, 15) is 4.79 Å². The van der Waals surface area contributed by atoms with E-state index in [0.29, 0.717) is 0 Å². The van der Waals surface area contributed by atoms with E-state index < -0.39 is 0 Å². The number of anilines is 1.